The molecular formula is C25H33NO4. The smallest absolute Gasteiger partial charge is 0.311 e. The molecule has 5 nitrogen and oxygen atoms in total. The van der Waals surface area contributed by atoms with Gasteiger partial charge in [0.05, 0.1) is 25.0 Å². The van der Waals surface area contributed by atoms with E-state index < -0.39 is 5.41 Å². The molecular weight excluding hydrogens is 378 g/mol. The van der Waals surface area contributed by atoms with Gasteiger partial charge in [-0.25, -0.2) is 0 Å². The van der Waals surface area contributed by atoms with Gasteiger partial charge in [-0.05, 0) is 80.4 Å². The number of hydrogen-bond acceptors (Lipinski definition) is 4. The molecule has 2 atom stereocenters. The molecule has 1 aromatic rings. The van der Waals surface area contributed by atoms with E-state index in [1.807, 2.05) is 12.1 Å². The van der Waals surface area contributed by atoms with Crippen molar-refractivity contribution in [3.8, 4) is 5.75 Å². The molecule has 30 heavy (non-hydrogen) atoms. The molecule has 5 heteroatoms. The van der Waals surface area contributed by atoms with Crippen LogP contribution in [-0.2, 0) is 19.7 Å². The summed E-state index contributed by atoms with van der Waals surface area (Å²) < 4.78 is 10.5. The summed E-state index contributed by atoms with van der Waals surface area (Å²) in [6.07, 6.45) is 8.97. The van der Waals surface area contributed by atoms with E-state index in [-0.39, 0.29) is 23.3 Å². The zero-order chi connectivity index (χ0) is 20.9. The lowest BCUT2D eigenvalue weighted by molar-refractivity contribution is -0.171. The molecule has 5 fully saturated rings. The van der Waals surface area contributed by atoms with Crippen LogP contribution in [0.4, 0.5) is 0 Å². The maximum atomic E-state index is 13.8. The molecule has 0 spiro atoms. The molecule has 0 heterocycles. The van der Waals surface area contributed by atoms with Gasteiger partial charge in [-0.3, -0.25) is 9.59 Å². The van der Waals surface area contributed by atoms with Crippen molar-refractivity contribution in [3.05, 3.63) is 29.8 Å². The standard InChI is InChI=1S/C25H33NO4/c1-29-20-7-5-19(6-8-20)25(9-3-4-10-25)22(27)26-21-17-11-16-12-18(21)15-24(13-16,14-17)23(28)30-2/h5-8,16-18,21H,3-4,9-15H2,1-2H3,(H,26,27). The molecule has 0 saturated heterocycles. The normalized spacial score (nSPS) is 35.8. The minimum atomic E-state index is -0.430. The zero-order valence-corrected chi connectivity index (χ0v) is 18.1. The van der Waals surface area contributed by atoms with Crippen molar-refractivity contribution in [2.75, 3.05) is 14.2 Å². The van der Waals surface area contributed by atoms with Gasteiger partial charge in [0.2, 0.25) is 5.91 Å². The molecule has 5 aliphatic rings. The summed E-state index contributed by atoms with van der Waals surface area (Å²) in [5.74, 6) is 2.38. The zero-order valence-electron chi connectivity index (χ0n) is 18.1. The summed E-state index contributed by atoms with van der Waals surface area (Å²) in [6, 6.07) is 8.25. The first-order chi connectivity index (χ1) is 14.5. The quantitative estimate of drug-likeness (QED) is 0.744. The average molecular weight is 412 g/mol. The fourth-order valence-electron chi connectivity index (χ4n) is 7.55. The van der Waals surface area contributed by atoms with Crippen LogP contribution in [0.5, 0.6) is 5.75 Å². The largest absolute Gasteiger partial charge is 0.497 e. The number of ether oxygens (including phenoxy) is 2. The first kappa shape index (κ1) is 19.9. The van der Waals surface area contributed by atoms with Crippen LogP contribution in [0.2, 0.25) is 0 Å². The van der Waals surface area contributed by atoms with Crippen molar-refractivity contribution in [1.29, 1.82) is 0 Å². The maximum Gasteiger partial charge on any atom is 0.311 e. The maximum absolute atomic E-state index is 13.8. The Morgan fingerprint density at radius 2 is 1.60 bits per heavy atom. The van der Waals surface area contributed by atoms with Gasteiger partial charge < -0.3 is 14.8 Å². The Labute approximate surface area is 178 Å². The summed E-state index contributed by atoms with van der Waals surface area (Å²) >= 11 is 0. The van der Waals surface area contributed by atoms with E-state index >= 15 is 0 Å². The van der Waals surface area contributed by atoms with E-state index in [0.29, 0.717) is 17.8 Å². The summed E-state index contributed by atoms with van der Waals surface area (Å²) in [5.41, 5.74) is 0.377. The van der Waals surface area contributed by atoms with Crippen molar-refractivity contribution in [2.24, 2.45) is 23.2 Å². The van der Waals surface area contributed by atoms with Gasteiger partial charge in [0.25, 0.3) is 0 Å². The van der Waals surface area contributed by atoms with E-state index in [9.17, 15) is 9.59 Å². The highest BCUT2D eigenvalue weighted by Crippen LogP contribution is 2.60. The highest BCUT2D eigenvalue weighted by Gasteiger charge is 2.60. The molecule has 6 rings (SSSR count). The molecule has 4 bridgehead atoms. The predicted molar refractivity (Wildman–Crippen MR) is 113 cm³/mol. The molecule has 1 aromatic carbocycles. The van der Waals surface area contributed by atoms with Gasteiger partial charge in [0, 0.05) is 6.04 Å². The highest BCUT2D eigenvalue weighted by atomic mass is 16.5. The minimum absolute atomic E-state index is 0.0304. The fraction of sp³-hybridized carbons (Fsp3) is 0.680. The second kappa shape index (κ2) is 7.28. The Balaban J connectivity index is 1.37. The number of esters is 1. The van der Waals surface area contributed by atoms with Gasteiger partial charge in [-0.15, -0.1) is 0 Å². The Morgan fingerprint density at radius 1 is 0.967 bits per heavy atom. The highest BCUT2D eigenvalue weighted by molar-refractivity contribution is 5.89. The summed E-state index contributed by atoms with van der Waals surface area (Å²) in [6.45, 7) is 0. The van der Waals surface area contributed by atoms with E-state index in [0.717, 1.165) is 69.1 Å². The second-order valence-electron chi connectivity index (χ2n) is 10.3. The van der Waals surface area contributed by atoms with Crippen molar-refractivity contribution < 1.29 is 19.1 Å². The third-order valence-electron chi connectivity index (χ3n) is 8.72. The number of methoxy groups -OCH3 is 2. The molecule has 5 saturated carbocycles. The molecule has 1 N–H and O–H groups in total. The van der Waals surface area contributed by atoms with Gasteiger partial charge in [-0.2, -0.15) is 0 Å². The van der Waals surface area contributed by atoms with Crippen LogP contribution >= 0.6 is 0 Å². The molecule has 0 radical (unpaired) electrons. The first-order valence-corrected chi connectivity index (χ1v) is 11.5. The first-order valence-electron chi connectivity index (χ1n) is 11.5. The van der Waals surface area contributed by atoms with Gasteiger partial charge in [0.1, 0.15) is 5.75 Å². The van der Waals surface area contributed by atoms with Crippen molar-refractivity contribution in [3.63, 3.8) is 0 Å². The summed E-state index contributed by atoms with van der Waals surface area (Å²) in [4.78, 5) is 26.3. The molecule has 5 aliphatic carbocycles. The number of amides is 1. The summed E-state index contributed by atoms with van der Waals surface area (Å²) in [7, 11) is 3.18. The van der Waals surface area contributed by atoms with Gasteiger partial charge in [0.15, 0.2) is 0 Å². The Bertz CT molecular complexity index is 810. The Morgan fingerprint density at radius 3 is 2.17 bits per heavy atom. The monoisotopic (exact) mass is 411 g/mol. The topological polar surface area (TPSA) is 64.6 Å². The molecule has 2 unspecified atom stereocenters. The fourth-order valence-corrected chi connectivity index (χ4v) is 7.55. The third-order valence-corrected chi connectivity index (χ3v) is 8.72. The van der Waals surface area contributed by atoms with E-state index in [1.54, 1.807) is 7.11 Å². The number of carbonyl (C=O) groups is 2. The predicted octanol–water partition coefficient (Wildman–Crippen LogP) is 3.99. The number of nitrogens with one attached hydrogen (secondary N) is 1. The van der Waals surface area contributed by atoms with Crippen LogP contribution in [-0.4, -0.2) is 32.1 Å². The molecule has 0 aliphatic heterocycles. The molecule has 162 valence electrons. The Hall–Kier alpha value is -2.04. The van der Waals surface area contributed by atoms with Crippen LogP contribution < -0.4 is 10.1 Å². The van der Waals surface area contributed by atoms with Crippen molar-refractivity contribution in [2.45, 2.75) is 69.2 Å². The minimum Gasteiger partial charge on any atom is -0.497 e. The van der Waals surface area contributed by atoms with E-state index in [1.165, 1.54) is 7.11 Å². The van der Waals surface area contributed by atoms with E-state index in [4.69, 9.17) is 9.47 Å². The van der Waals surface area contributed by atoms with Gasteiger partial charge >= 0.3 is 5.97 Å². The van der Waals surface area contributed by atoms with Crippen LogP contribution in [0.1, 0.15) is 63.4 Å². The number of rotatable bonds is 5. The lowest BCUT2D eigenvalue weighted by Crippen LogP contribution is -2.62. The molecule has 1 amide bonds. The van der Waals surface area contributed by atoms with Crippen molar-refractivity contribution >= 4 is 11.9 Å². The van der Waals surface area contributed by atoms with Crippen LogP contribution in [0.15, 0.2) is 24.3 Å². The number of benzene rings is 1. The van der Waals surface area contributed by atoms with Crippen LogP contribution in [0.3, 0.4) is 0 Å². The Kier molecular flexibility index (Phi) is 4.83. The van der Waals surface area contributed by atoms with Crippen LogP contribution in [0, 0.1) is 23.2 Å². The lowest BCUT2D eigenvalue weighted by atomic mass is 9.48. The third kappa shape index (κ3) is 2.96. The second-order valence-corrected chi connectivity index (χ2v) is 10.3. The van der Waals surface area contributed by atoms with Gasteiger partial charge in [-0.1, -0.05) is 25.0 Å². The average Bonchev–Trinajstić information content (AvgIpc) is 3.26. The van der Waals surface area contributed by atoms with E-state index in [2.05, 4.69) is 17.4 Å². The molecule has 0 aromatic heterocycles. The summed E-state index contributed by atoms with van der Waals surface area (Å²) in [5, 5.41) is 3.52. The SMILES string of the molecule is COC(=O)C12CC3CC(C1)C(NC(=O)C1(c4ccc(OC)cc4)CCCC1)C(C3)C2. The number of carbonyl (C=O) groups excluding carboxylic acids is 2. The number of hydrogen-bond donors (Lipinski definition) is 1. The van der Waals surface area contributed by atoms with Crippen LogP contribution in [0.25, 0.3) is 0 Å². The lowest BCUT2D eigenvalue weighted by Gasteiger charge is -2.58. The van der Waals surface area contributed by atoms with Crippen molar-refractivity contribution in [1.82, 2.24) is 5.32 Å².